The first-order chi connectivity index (χ1) is 17.2. The number of rotatable bonds is 4. The molecule has 8 heteroatoms. The van der Waals surface area contributed by atoms with Crippen molar-refractivity contribution < 1.29 is 4.79 Å². The first kappa shape index (κ1) is 21.4. The lowest BCUT2D eigenvalue weighted by Gasteiger charge is -2.11. The molecule has 4 nitrogen and oxygen atoms in total. The van der Waals surface area contributed by atoms with Crippen LogP contribution in [0.5, 0.6) is 0 Å². The minimum atomic E-state index is -0.0664. The van der Waals surface area contributed by atoms with E-state index in [-0.39, 0.29) is 5.91 Å². The summed E-state index contributed by atoms with van der Waals surface area (Å²) in [6.45, 7) is 0. The Morgan fingerprint density at radius 2 is 1.43 bits per heavy atom. The number of hydrogen-bond donors (Lipinski definition) is 1. The van der Waals surface area contributed by atoms with Crippen LogP contribution in [0.3, 0.4) is 0 Å². The molecule has 0 fully saturated rings. The Balaban J connectivity index is 1.23. The Morgan fingerprint density at radius 3 is 2.20 bits per heavy atom. The second-order valence-corrected chi connectivity index (χ2v) is 12.8. The van der Waals surface area contributed by atoms with Crippen molar-refractivity contribution in [2.45, 2.75) is 25.7 Å². The summed E-state index contributed by atoms with van der Waals surface area (Å²) in [5, 5.41) is 6.14. The molecule has 4 heterocycles. The van der Waals surface area contributed by atoms with E-state index in [4.69, 9.17) is 9.97 Å². The molecule has 0 radical (unpaired) electrons. The maximum atomic E-state index is 13.4. The molecule has 4 aromatic heterocycles. The zero-order valence-electron chi connectivity index (χ0n) is 18.5. The zero-order valence-corrected chi connectivity index (χ0v) is 21.8. The van der Waals surface area contributed by atoms with Gasteiger partial charge >= 0.3 is 0 Å². The number of thiophene rings is 2. The first-order valence-corrected chi connectivity index (χ1v) is 14.8. The fourth-order valence-electron chi connectivity index (χ4n) is 4.58. The van der Waals surface area contributed by atoms with Gasteiger partial charge in [0.05, 0.1) is 30.2 Å². The number of nitrogens with one attached hydrogen (secondary N) is 1. The normalized spacial score (nSPS) is 13.4. The molecule has 1 amide bonds. The Bertz CT molecular complexity index is 1650. The van der Waals surface area contributed by atoms with Crippen molar-refractivity contribution in [3.05, 3.63) is 76.0 Å². The number of thiazole rings is 2. The number of aromatic nitrogens is 2. The fraction of sp³-hybridized carbons (Fsp3) is 0.148. The second kappa shape index (κ2) is 8.64. The van der Waals surface area contributed by atoms with Crippen molar-refractivity contribution in [3.8, 4) is 20.5 Å². The number of carbonyl (C=O) groups excluding carboxylic acids is 1. The predicted molar refractivity (Wildman–Crippen MR) is 150 cm³/mol. The van der Waals surface area contributed by atoms with Crippen LogP contribution in [0.4, 0.5) is 5.00 Å². The van der Waals surface area contributed by atoms with Gasteiger partial charge in [-0.25, -0.2) is 9.97 Å². The smallest absolute Gasteiger partial charge is 0.266 e. The second-order valence-electron chi connectivity index (χ2n) is 8.51. The molecule has 0 saturated heterocycles. The number of nitrogens with zero attached hydrogens (tertiary/aromatic N) is 2. The van der Waals surface area contributed by atoms with Crippen molar-refractivity contribution in [3.63, 3.8) is 0 Å². The molecule has 0 spiro atoms. The van der Waals surface area contributed by atoms with E-state index in [0.29, 0.717) is 4.88 Å². The predicted octanol–water partition coefficient (Wildman–Crippen LogP) is 8.49. The van der Waals surface area contributed by atoms with E-state index in [2.05, 4.69) is 29.6 Å². The largest absolute Gasteiger partial charge is 0.312 e. The molecule has 1 N–H and O–H groups in total. The quantitative estimate of drug-likeness (QED) is 0.249. The van der Waals surface area contributed by atoms with Gasteiger partial charge in [0.1, 0.15) is 15.0 Å². The van der Waals surface area contributed by atoms with Crippen LogP contribution in [0.25, 0.3) is 40.9 Å². The van der Waals surface area contributed by atoms with Crippen molar-refractivity contribution in [2.75, 3.05) is 5.32 Å². The third kappa shape index (κ3) is 3.81. The van der Waals surface area contributed by atoms with Gasteiger partial charge in [0.2, 0.25) is 0 Å². The summed E-state index contributed by atoms with van der Waals surface area (Å²) < 4.78 is 2.33. The molecule has 0 saturated carbocycles. The Morgan fingerprint density at radius 1 is 0.743 bits per heavy atom. The van der Waals surface area contributed by atoms with E-state index < -0.39 is 0 Å². The molecule has 0 unspecified atom stereocenters. The van der Waals surface area contributed by atoms with Gasteiger partial charge in [0.25, 0.3) is 5.91 Å². The highest BCUT2D eigenvalue weighted by Crippen LogP contribution is 2.46. The SMILES string of the molecule is O=C(Nc1sc2c(c1-c1nc3ccccc3s1)CCCC2)c1ccc(-c2nc3ccccc3s2)s1. The van der Waals surface area contributed by atoms with Crippen LogP contribution in [0.1, 0.15) is 33.0 Å². The number of benzene rings is 2. The van der Waals surface area contributed by atoms with Gasteiger partial charge in [0, 0.05) is 10.4 Å². The van der Waals surface area contributed by atoms with Crippen LogP contribution < -0.4 is 5.32 Å². The van der Waals surface area contributed by atoms with Gasteiger partial charge in [-0.1, -0.05) is 24.3 Å². The van der Waals surface area contributed by atoms with E-state index in [0.717, 1.165) is 54.0 Å². The van der Waals surface area contributed by atoms with E-state index in [1.54, 1.807) is 34.0 Å². The Hall–Kier alpha value is -2.91. The zero-order chi connectivity index (χ0) is 23.4. The van der Waals surface area contributed by atoms with E-state index in [1.807, 2.05) is 36.4 Å². The van der Waals surface area contributed by atoms with Crippen molar-refractivity contribution in [2.24, 2.45) is 0 Å². The van der Waals surface area contributed by atoms with Crippen LogP contribution in [0.15, 0.2) is 60.7 Å². The number of anilines is 1. The maximum Gasteiger partial charge on any atom is 0.266 e. The van der Waals surface area contributed by atoms with Gasteiger partial charge in [-0.05, 0) is 67.6 Å². The highest BCUT2D eigenvalue weighted by Gasteiger charge is 2.26. The number of aryl methyl sites for hydroxylation is 1. The Kier molecular flexibility index (Phi) is 5.28. The molecule has 0 atom stereocenters. The molecule has 6 aromatic rings. The fourth-order valence-corrected chi connectivity index (χ4v) is 8.89. The molecule has 7 rings (SSSR count). The molecule has 172 valence electrons. The summed E-state index contributed by atoms with van der Waals surface area (Å²) in [6.07, 6.45) is 4.52. The average Bonchev–Trinajstić information content (AvgIpc) is 3.66. The molecule has 2 aromatic carbocycles. The molecular formula is C27H19N3OS4. The van der Waals surface area contributed by atoms with Crippen molar-refractivity contribution in [1.29, 1.82) is 0 Å². The van der Waals surface area contributed by atoms with E-state index in [9.17, 15) is 4.79 Å². The lowest BCUT2D eigenvalue weighted by molar-refractivity contribution is 0.103. The first-order valence-electron chi connectivity index (χ1n) is 11.5. The summed E-state index contributed by atoms with van der Waals surface area (Å²) in [7, 11) is 0. The van der Waals surface area contributed by atoms with Crippen LogP contribution in [-0.4, -0.2) is 15.9 Å². The minimum absolute atomic E-state index is 0.0664. The van der Waals surface area contributed by atoms with Gasteiger partial charge < -0.3 is 5.32 Å². The average molecular weight is 530 g/mol. The molecule has 0 bridgehead atoms. The van der Waals surface area contributed by atoms with Crippen molar-refractivity contribution >= 4 is 76.7 Å². The summed E-state index contributed by atoms with van der Waals surface area (Å²) in [5.74, 6) is -0.0664. The molecule has 0 aliphatic heterocycles. The molecule has 1 aliphatic rings. The highest BCUT2D eigenvalue weighted by atomic mass is 32.1. The summed E-state index contributed by atoms with van der Waals surface area (Å²) >= 11 is 6.59. The van der Waals surface area contributed by atoms with Crippen LogP contribution in [0.2, 0.25) is 0 Å². The van der Waals surface area contributed by atoms with Crippen LogP contribution >= 0.6 is 45.3 Å². The number of carbonyl (C=O) groups is 1. The highest BCUT2D eigenvalue weighted by molar-refractivity contribution is 7.26. The summed E-state index contributed by atoms with van der Waals surface area (Å²) in [6, 6.07) is 20.3. The van der Waals surface area contributed by atoms with E-state index >= 15 is 0 Å². The molecule has 35 heavy (non-hydrogen) atoms. The maximum absolute atomic E-state index is 13.4. The number of hydrogen-bond acceptors (Lipinski definition) is 7. The number of amides is 1. The number of para-hydroxylation sites is 2. The number of fused-ring (bicyclic) bond motifs is 3. The third-order valence-corrected chi connectivity index (χ3v) is 10.8. The lowest BCUT2D eigenvalue weighted by Crippen LogP contribution is -2.09. The minimum Gasteiger partial charge on any atom is -0.312 e. The van der Waals surface area contributed by atoms with Gasteiger partial charge in [-0.2, -0.15) is 0 Å². The van der Waals surface area contributed by atoms with Crippen LogP contribution in [0, 0.1) is 0 Å². The van der Waals surface area contributed by atoms with Gasteiger partial charge in [0.15, 0.2) is 0 Å². The van der Waals surface area contributed by atoms with Crippen LogP contribution in [-0.2, 0) is 12.8 Å². The monoisotopic (exact) mass is 529 g/mol. The molecular weight excluding hydrogens is 511 g/mol. The standard InChI is InChI=1S/C27H19N3OS4/c31-24(21-13-14-22(32-21)25-28-16-8-2-5-11-19(16)34-25)30-27-23(15-7-1-4-10-18(15)33-27)26-29-17-9-3-6-12-20(17)35-26/h2-3,5-6,8-9,11-14H,1,4,7,10H2,(H,30,31). The molecule has 1 aliphatic carbocycles. The lowest BCUT2D eigenvalue weighted by atomic mass is 9.96. The van der Waals surface area contributed by atoms with E-state index in [1.165, 1.54) is 39.3 Å². The van der Waals surface area contributed by atoms with Crippen molar-refractivity contribution in [1.82, 2.24) is 9.97 Å². The summed E-state index contributed by atoms with van der Waals surface area (Å²) in [4.78, 5) is 26.2. The third-order valence-electron chi connectivity index (χ3n) is 6.24. The Labute approximate surface area is 217 Å². The van der Waals surface area contributed by atoms with Gasteiger partial charge in [-0.15, -0.1) is 45.3 Å². The topological polar surface area (TPSA) is 54.9 Å². The summed E-state index contributed by atoms with van der Waals surface area (Å²) in [5.41, 5.74) is 4.51. The van der Waals surface area contributed by atoms with Gasteiger partial charge in [-0.3, -0.25) is 4.79 Å².